The van der Waals surface area contributed by atoms with Crippen molar-refractivity contribution in [2.45, 2.75) is 44.6 Å². The SMILES string of the molecule is C=C/C(Cl)=C/[C@@H](OCc1ccccc1)[C@H](O)[C@H]1COC(C)(C)O1. The minimum Gasteiger partial charge on any atom is -0.387 e. The Hall–Kier alpha value is -1.17. The standard InChI is InChI=1S/C18H23ClO4/c1-4-14(19)10-15(21-11-13-8-6-5-7-9-13)17(20)16-12-22-18(2,3)23-16/h4-10,15-17,20H,1,11-12H2,2-3H3/b14-10-/t15-,16-,17+/m1/s1. The van der Waals surface area contributed by atoms with Gasteiger partial charge in [-0.2, -0.15) is 0 Å². The predicted molar refractivity (Wildman–Crippen MR) is 90.1 cm³/mol. The summed E-state index contributed by atoms with van der Waals surface area (Å²) in [7, 11) is 0. The number of hydrogen-bond acceptors (Lipinski definition) is 4. The van der Waals surface area contributed by atoms with E-state index in [-0.39, 0.29) is 0 Å². The topological polar surface area (TPSA) is 47.9 Å². The molecule has 0 aliphatic carbocycles. The summed E-state index contributed by atoms with van der Waals surface area (Å²) < 4.78 is 17.1. The van der Waals surface area contributed by atoms with E-state index in [4.69, 9.17) is 25.8 Å². The summed E-state index contributed by atoms with van der Waals surface area (Å²) >= 11 is 6.03. The largest absolute Gasteiger partial charge is 0.387 e. The van der Waals surface area contributed by atoms with E-state index >= 15 is 0 Å². The lowest BCUT2D eigenvalue weighted by Crippen LogP contribution is -2.40. The molecule has 1 aliphatic rings. The summed E-state index contributed by atoms with van der Waals surface area (Å²) in [6.45, 7) is 7.90. The minimum absolute atomic E-state index is 0.304. The van der Waals surface area contributed by atoms with Crippen LogP contribution in [0, 0.1) is 0 Å². The number of hydrogen-bond donors (Lipinski definition) is 1. The molecular weight excluding hydrogens is 316 g/mol. The average Bonchev–Trinajstić information content (AvgIpc) is 2.91. The lowest BCUT2D eigenvalue weighted by Gasteiger charge is -2.26. The van der Waals surface area contributed by atoms with Gasteiger partial charge in [-0.3, -0.25) is 0 Å². The van der Waals surface area contributed by atoms with E-state index in [9.17, 15) is 5.11 Å². The highest BCUT2D eigenvalue weighted by molar-refractivity contribution is 6.31. The number of aliphatic hydroxyl groups excluding tert-OH is 1. The summed E-state index contributed by atoms with van der Waals surface area (Å²) in [5.41, 5.74) is 1.01. The molecule has 1 fully saturated rings. The molecule has 23 heavy (non-hydrogen) atoms. The van der Waals surface area contributed by atoms with Crippen molar-refractivity contribution in [3.05, 3.63) is 59.7 Å². The lowest BCUT2D eigenvalue weighted by molar-refractivity contribution is -0.161. The molecule has 1 aliphatic heterocycles. The van der Waals surface area contributed by atoms with E-state index in [1.54, 1.807) is 6.08 Å². The first-order valence-electron chi connectivity index (χ1n) is 7.56. The van der Waals surface area contributed by atoms with Crippen molar-refractivity contribution in [3.8, 4) is 0 Å². The molecule has 1 heterocycles. The molecule has 1 aromatic rings. The lowest BCUT2D eigenvalue weighted by atomic mass is 10.1. The molecule has 1 saturated heterocycles. The molecule has 2 rings (SSSR count). The van der Waals surface area contributed by atoms with E-state index in [0.717, 1.165) is 5.56 Å². The van der Waals surface area contributed by atoms with Crippen LogP contribution in [0.5, 0.6) is 0 Å². The van der Waals surface area contributed by atoms with Crippen LogP contribution in [0.15, 0.2) is 54.1 Å². The van der Waals surface area contributed by atoms with E-state index < -0.39 is 24.1 Å². The van der Waals surface area contributed by atoms with Gasteiger partial charge in [-0.25, -0.2) is 0 Å². The van der Waals surface area contributed by atoms with Crippen LogP contribution in [0.25, 0.3) is 0 Å². The molecule has 0 spiro atoms. The van der Waals surface area contributed by atoms with Crippen molar-refractivity contribution in [3.63, 3.8) is 0 Å². The highest BCUT2D eigenvalue weighted by Crippen LogP contribution is 2.27. The predicted octanol–water partition coefficient (Wildman–Crippen LogP) is 3.39. The van der Waals surface area contributed by atoms with E-state index in [1.807, 2.05) is 44.2 Å². The fraction of sp³-hybridized carbons (Fsp3) is 0.444. The van der Waals surface area contributed by atoms with Gasteiger partial charge in [0.05, 0.1) is 13.2 Å². The fourth-order valence-electron chi connectivity index (χ4n) is 2.33. The van der Waals surface area contributed by atoms with Crippen molar-refractivity contribution in [2.75, 3.05) is 6.61 Å². The Kier molecular flexibility index (Phi) is 6.39. The zero-order chi connectivity index (χ0) is 16.9. The highest BCUT2D eigenvalue weighted by Gasteiger charge is 2.39. The summed E-state index contributed by atoms with van der Waals surface area (Å²) in [5, 5.41) is 11.0. The fourth-order valence-corrected chi connectivity index (χ4v) is 2.46. The number of aliphatic hydroxyl groups is 1. The molecule has 1 aromatic carbocycles. The van der Waals surface area contributed by atoms with E-state index in [2.05, 4.69) is 6.58 Å². The second kappa shape index (κ2) is 8.08. The maximum atomic E-state index is 10.6. The van der Waals surface area contributed by atoms with Gasteiger partial charge in [0.25, 0.3) is 0 Å². The maximum Gasteiger partial charge on any atom is 0.163 e. The van der Waals surface area contributed by atoms with Gasteiger partial charge in [-0.1, -0.05) is 54.6 Å². The van der Waals surface area contributed by atoms with Gasteiger partial charge in [-0.05, 0) is 25.5 Å². The number of rotatable bonds is 7. The van der Waals surface area contributed by atoms with E-state index in [0.29, 0.717) is 18.2 Å². The molecular formula is C18H23ClO4. The molecule has 1 N–H and O–H groups in total. The Labute approximate surface area is 142 Å². The van der Waals surface area contributed by atoms with Gasteiger partial charge >= 0.3 is 0 Å². The second-order valence-electron chi connectivity index (χ2n) is 5.87. The van der Waals surface area contributed by atoms with Crippen LogP contribution in [0.4, 0.5) is 0 Å². The van der Waals surface area contributed by atoms with E-state index in [1.165, 1.54) is 6.08 Å². The van der Waals surface area contributed by atoms with Gasteiger partial charge in [0, 0.05) is 5.03 Å². The molecule has 0 radical (unpaired) electrons. The Morgan fingerprint density at radius 2 is 2.17 bits per heavy atom. The molecule has 0 bridgehead atoms. The zero-order valence-electron chi connectivity index (χ0n) is 13.4. The molecule has 0 unspecified atom stereocenters. The smallest absolute Gasteiger partial charge is 0.163 e. The van der Waals surface area contributed by atoms with Crippen LogP contribution in [-0.4, -0.2) is 35.8 Å². The van der Waals surface area contributed by atoms with Crippen LogP contribution in [-0.2, 0) is 20.8 Å². The maximum absolute atomic E-state index is 10.6. The Morgan fingerprint density at radius 3 is 2.74 bits per heavy atom. The van der Waals surface area contributed by atoms with Crippen LogP contribution < -0.4 is 0 Å². The summed E-state index contributed by atoms with van der Waals surface area (Å²) in [5.74, 6) is -0.707. The van der Waals surface area contributed by atoms with Gasteiger partial charge in [0.2, 0.25) is 0 Å². The van der Waals surface area contributed by atoms with Crippen molar-refractivity contribution in [1.29, 1.82) is 0 Å². The summed E-state index contributed by atoms with van der Waals surface area (Å²) in [4.78, 5) is 0. The van der Waals surface area contributed by atoms with Gasteiger partial charge in [0.15, 0.2) is 5.79 Å². The Morgan fingerprint density at radius 1 is 1.48 bits per heavy atom. The third-order valence-electron chi connectivity index (χ3n) is 3.55. The second-order valence-corrected chi connectivity index (χ2v) is 6.31. The zero-order valence-corrected chi connectivity index (χ0v) is 14.2. The Bertz CT molecular complexity index is 541. The first-order chi connectivity index (χ1) is 10.9. The molecule has 126 valence electrons. The molecule has 0 aromatic heterocycles. The molecule has 0 saturated carbocycles. The monoisotopic (exact) mass is 338 g/mol. The molecule has 5 heteroatoms. The average molecular weight is 339 g/mol. The molecule has 4 nitrogen and oxygen atoms in total. The highest BCUT2D eigenvalue weighted by atomic mass is 35.5. The third kappa shape index (κ3) is 5.44. The van der Waals surface area contributed by atoms with Crippen molar-refractivity contribution in [1.82, 2.24) is 0 Å². The molecule has 0 amide bonds. The minimum atomic E-state index is -0.894. The normalized spacial score (nSPS) is 23.5. The van der Waals surface area contributed by atoms with Crippen LogP contribution in [0.2, 0.25) is 0 Å². The number of ether oxygens (including phenoxy) is 3. The van der Waals surface area contributed by atoms with Crippen LogP contribution in [0.3, 0.4) is 0 Å². The molecule has 3 atom stereocenters. The summed E-state index contributed by atoms with van der Waals surface area (Å²) in [6.07, 6.45) is 1.15. The quantitative estimate of drug-likeness (QED) is 0.774. The number of allylic oxidation sites excluding steroid dienone is 2. The van der Waals surface area contributed by atoms with Crippen molar-refractivity contribution < 1.29 is 19.3 Å². The first kappa shape index (κ1) is 18.2. The number of halogens is 1. The van der Waals surface area contributed by atoms with Crippen LogP contribution >= 0.6 is 11.6 Å². The Balaban J connectivity index is 2.06. The third-order valence-corrected chi connectivity index (χ3v) is 3.83. The number of benzene rings is 1. The van der Waals surface area contributed by atoms with Gasteiger partial charge in [0.1, 0.15) is 18.3 Å². The van der Waals surface area contributed by atoms with Crippen LogP contribution in [0.1, 0.15) is 19.4 Å². The van der Waals surface area contributed by atoms with Gasteiger partial charge in [-0.15, -0.1) is 0 Å². The first-order valence-corrected chi connectivity index (χ1v) is 7.94. The van der Waals surface area contributed by atoms with Gasteiger partial charge < -0.3 is 19.3 Å². The summed E-state index contributed by atoms with van der Waals surface area (Å²) in [6, 6.07) is 9.73. The van der Waals surface area contributed by atoms with Crippen molar-refractivity contribution in [2.24, 2.45) is 0 Å². The van der Waals surface area contributed by atoms with Crippen molar-refractivity contribution >= 4 is 11.6 Å².